The predicted octanol–water partition coefficient (Wildman–Crippen LogP) is 4.31. The lowest BCUT2D eigenvalue weighted by molar-refractivity contribution is 0.566. The highest BCUT2D eigenvalue weighted by atomic mass is 16.4. The highest BCUT2D eigenvalue weighted by molar-refractivity contribution is 6.12. The van der Waals surface area contributed by atoms with E-state index in [1.807, 2.05) is 50.2 Å². The predicted molar refractivity (Wildman–Crippen MR) is 79.2 cm³/mol. The van der Waals surface area contributed by atoms with E-state index < -0.39 is 0 Å². The zero-order valence-electron chi connectivity index (χ0n) is 11.2. The minimum atomic E-state index is -0.347. The van der Waals surface area contributed by atoms with Crippen LogP contribution in [-0.4, -0.2) is 0 Å². The smallest absolute Gasteiger partial charge is 0.348 e. The molecule has 0 aliphatic heterocycles. The second-order valence-corrected chi connectivity index (χ2v) is 5.12. The highest BCUT2D eigenvalue weighted by Gasteiger charge is 2.16. The Labute approximate surface area is 114 Å². The van der Waals surface area contributed by atoms with Crippen molar-refractivity contribution in [1.82, 2.24) is 0 Å². The maximum Gasteiger partial charge on any atom is 0.348 e. The lowest BCUT2D eigenvalue weighted by Crippen LogP contribution is -1.98. The van der Waals surface area contributed by atoms with Crippen molar-refractivity contribution in [1.29, 1.82) is 0 Å². The average Bonchev–Trinajstić information content (AvgIpc) is 2.81. The van der Waals surface area contributed by atoms with E-state index in [0.29, 0.717) is 22.1 Å². The minimum Gasteiger partial charge on any atom is -0.455 e. The molecule has 0 spiro atoms. The molecular weight excluding hydrogens is 252 g/mol. The van der Waals surface area contributed by atoms with Gasteiger partial charge >= 0.3 is 5.63 Å². The van der Waals surface area contributed by atoms with Gasteiger partial charge in [-0.3, -0.25) is 0 Å². The van der Waals surface area contributed by atoms with E-state index >= 15 is 0 Å². The highest BCUT2D eigenvalue weighted by Crippen LogP contribution is 2.32. The zero-order valence-corrected chi connectivity index (χ0v) is 11.2. The molecule has 0 unspecified atom stereocenters. The molecule has 2 aromatic heterocycles. The number of fused-ring (bicyclic) bond motifs is 5. The van der Waals surface area contributed by atoms with E-state index in [0.717, 1.165) is 21.9 Å². The van der Waals surface area contributed by atoms with Crippen molar-refractivity contribution < 1.29 is 8.83 Å². The first-order valence-corrected chi connectivity index (χ1v) is 6.50. The third-order valence-electron chi connectivity index (χ3n) is 3.84. The SMILES string of the molecule is Cc1cc2oc(=O)c3c4ccccc4oc3c2cc1C. The Kier molecular flexibility index (Phi) is 2.11. The summed E-state index contributed by atoms with van der Waals surface area (Å²) in [4.78, 5) is 12.2. The maximum absolute atomic E-state index is 12.2. The van der Waals surface area contributed by atoms with Gasteiger partial charge in [-0.1, -0.05) is 18.2 Å². The molecule has 0 aliphatic carbocycles. The molecule has 0 N–H and O–H groups in total. The molecule has 0 amide bonds. The monoisotopic (exact) mass is 264 g/mol. The quantitative estimate of drug-likeness (QED) is 0.444. The summed E-state index contributed by atoms with van der Waals surface area (Å²) in [5.41, 5.74) is 3.79. The topological polar surface area (TPSA) is 43.4 Å². The first-order chi connectivity index (χ1) is 9.65. The van der Waals surface area contributed by atoms with Gasteiger partial charge in [0.1, 0.15) is 16.6 Å². The van der Waals surface area contributed by atoms with Crippen LogP contribution in [0, 0.1) is 13.8 Å². The summed E-state index contributed by atoms with van der Waals surface area (Å²) in [6.45, 7) is 4.03. The molecule has 0 aliphatic rings. The van der Waals surface area contributed by atoms with Gasteiger partial charge in [0.25, 0.3) is 0 Å². The summed E-state index contributed by atoms with van der Waals surface area (Å²) in [7, 11) is 0. The molecule has 0 atom stereocenters. The normalized spacial score (nSPS) is 11.7. The third-order valence-corrected chi connectivity index (χ3v) is 3.84. The molecule has 20 heavy (non-hydrogen) atoms. The Morgan fingerprint density at radius 2 is 1.60 bits per heavy atom. The second-order valence-electron chi connectivity index (χ2n) is 5.12. The number of hydrogen-bond acceptors (Lipinski definition) is 3. The van der Waals surface area contributed by atoms with Crippen molar-refractivity contribution >= 4 is 32.9 Å². The summed E-state index contributed by atoms with van der Waals surface area (Å²) in [6.07, 6.45) is 0. The first kappa shape index (κ1) is 11.3. The Hall–Kier alpha value is -2.55. The van der Waals surface area contributed by atoms with Crippen LogP contribution >= 0.6 is 0 Å². The van der Waals surface area contributed by atoms with Gasteiger partial charge in [0, 0.05) is 5.39 Å². The van der Waals surface area contributed by atoms with Crippen LogP contribution < -0.4 is 5.63 Å². The van der Waals surface area contributed by atoms with Gasteiger partial charge in [0.15, 0.2) is 5.58 Å². The summed E-state index contributed by atoms with van der Waals surface area (Å²) in [5, 5.41) is 2.17. The van der Waals surface area contributed by atoms with Crippen LogP contribution in [0.1, 0.15) is 11.1 Å². The van der Waals surface area contributed by atoms with Crippen molar-refractivity contribution in [2.24, 2.45) is 0 Å². The van der Waals surface area contributed by atoms with E-state index in [-0.39, 0.29) is 5.63 Å². The molecule has 3 nitrogen and oxygen atoms in total. The molecule has 0 saturated carbocycles. The Morgan fingerprint density at radius 1 is 0.850 bits per heavy atom. The van der Waals surface area contributed by atoms with Crippen LogP contribution in [0.25, 0.3) is 32.9 Å². The molecule has 0 radical (unpaired) electrons. The fraction of sp³-hybridized carbons (Fsp3) is 0.118. The van der Waals surface area contributed by atoms with Crippen LogP contribution in [0.15, 0.2) is 50.0 Å². The lowest BCUT2D eigenvalue weighted by Gasteiger charge is -2.02. The standard InChI is InChI=1S/C17H12O3/c1-9-7-12-14(8-10(9)2)20-17(18)15-11-5-3-4-6-13(11)19-16(12)15/h3-8H,1-2H3. The Morgan fingerprint density at radius 3 is 2.45 bits per heavy atom. The average molecular weight is 264 g/mol. The molecule has 0 fully saturated rings. The molecule has 2 aromatic carbocycles. The van der Waals surface area contributed by atoms with E-state index in [2.05, 4.69) is 0 Å². The molecule has 98 valence electrons. The van der Waals surface area contributed by atoms with Crippen LogP contribution in [0.3, 0.4) is 0 Å². The molecular formula is C17H12O3. The van der Waals surface area contributed by atoms with Gasteiger partial charge in [-0.25, -0.2) is 4.79 Å². The lowest BCUT2D eigenvalue weighted by atomic mass is 10.1. The van der Waals surface area contributed by atoms with E-state index in [1.54, 1.807) is 0 Å². The number of aryl methyl sites for hydroxylation is 2. The minimum absolute atomic E-state index is 0.347. The second kappa shape index (κ2) is 3.73. The maximum atomic E-state index is 12.2. The third kappa shape index (κ3) is 1.37. The largest absolute Gasteiger partial charge is 0.455 e. The molecule has 3 heteroatoms. The van der Waals surface area contributed by atoms with Crippen LogP contribution in [0.2, 0.25) is 0 Å². The first-order valence-electron chi connectivity index (χ1n) is 6.50. The van der Waals surface area contributed by atoms with E-state index in [1.165, 1.54) is 0 Å². The zero-order chi connectivity index (χ0) is 13.9. The van der Waals surface area contributed by atoms with E-state index in [4.69, 9.17) is 8.83 Å². The number of hydrogen-bond donors (Lipinski definition) is 0. The van der Waals surface area contributed by atoms with Gasteiger partial charge in [-0.15, -0.1) is 0 Å². The van der Waals surface area contributed by atoms with Crippen molar-refractivity contribution in [3.8, 4) is 0 Å². The van der Waals surface area contributed by atoms with Crippen molar-refractivity contribution in [3.05, 3.63) is 57.9 Å². The number of furan rings is 1. The Bertz CT molecular complexity index is 1030. The van der Waals surface area contributed by atoms with E-state index in [9.17, 15) is 4.79 Å². The molecule has 2 heterocycles. The number of benzene rings is 2. The van der Waals surface area contributed by atoms with Crippen molar-refractivity contribution in [2.75, 3.05) is 0 Å². The van der Waals surface area contributed by atoms with Gasteiger partial charge in [-0.05, 0) is 43.2 Å². The molecule has 0 bridgehead atoms. The van der Waals surface area contributed by atoms with Gasteiger partial charge in [0.05, 0.1) is 5.39 Å². The summed E-state index contributed by atoms with van der Waals surface area (Å²) in [6, 6.07) is 11.4. The van der Waals surface area contributed by atoms with Crippen molar-refractivity contribution in [2.45, 2.75) is 13.8 Å². The molecule has 4 rings (SSSR count). The number of rotatable bonds is 0. The fourth-order valence-corrected chi connectivity index (χ4v) is 2.64. The molecule has 4 aromatic rings. The van der Waals surface area contributed by atoms with Crippen LogP contribution in [0.4, 0.5) is 0 Å². The summed E-state index contributed by atoms with van der Waals surface area (Å²) < 4.78 is 11.3. The summed E-state index contributed by atoms with van der Waals surface area (Å²) in [5.74, 6) is 0. The molecule has 0 saturated heterocycles. The van der Waals surface area contributed by atoms with Gasteiger partial charge < -0.3 is 8.83 Å². The summed E-state index contributed by atoms with van der Waals surface area (Å²) >= 11 is 0. The van der Waals surface area contributed by atoms with Crippen LogP contribution in [0.5, 0.6) is 0 Å². The van der Waals surface area contributed by atoms with Gasteiger partial charge in [0.2, 0.25) is 0 Å². The van der Waals surface area contributed by atoms with Gasteiger partial charge in [-0.2, -0.15) is 0 Å². The Balaban J connectivity index is 2.35. The van der Waals surface area contributed by atoms with Crippen LogP contribution in [-0.2, 0) is 0 Å². The number of para-hydroxylation sites is 1. The van der Waals surface area contributed by atoms with Crippen molar-refractivity contribution in [3.63, 3.8) is 0 Å². The fourth-order valence-electron chi connectivity index (χ4n) is 2.64.